The highest BCUT2D eigenvalue weighted by atomic mass is 32.2. The topological polar surface area (TPSA) is 47.0 Å². The Morgan fingerprint density at radius 3 is 2.00 bits per heavy atom. The van der Waals surface area contributed by atoms with Crippen molar-refractivity contribution in [3.05, 3.63) is 59.4 Å². The van der Waals surface area contributed by atoms with E-state index >= 15 is 0 Å². The molecular formula is C20H18F5NO2S. The van der Waals surface area contributed by atoms with Gasteiger partial charge in [-0.05, 0) is 53.8 Å². The zero-order chi connectivity index (χ0) is 21.4. The lowest BCUT2D eigenvalue weighted by molar-refractivity contribution is -0.137. The van der Waals surface area contributed by atoms with Crippen LogP contribution < -0.4 is 0 Å². The fraction of sp³-hybridized carbons (Fsp3) is 0.350. The van der Waals surface area contributed by atoms with E-state index in [-0.39, 0.29) is 17.7 Å². The second kappa shape index (κ2) is 7.51. The highest BCUT2D eigenvalue weighted by Gasteiger charge is 2.41. The molecule has 1 aliphatic rings. The number of hydrogen-bond acceptors (Lipinski definition) is 3. The molecule has 0 unspecified atom stereocenters. The number of rotatable bonds is 5. The highest BCUT2D eigenvalue weighted by Crippen LogP contribution is 2.50. The van der Waals surface area contributed by atoms with Crippen LogP contribution in [-0.4, -0.2) is 33.0 Å². The molecule has 0 aliphatic heterocycles. The van der Waals surface area contributed by atoms with Crippen LogP contribution in [0.2, 0.25) is 0 Å². The van der Waals surface area contributed by atoms with E-state index < -0.39 is 40.3 Å². The third-order valence-electron chi connectivity index (χ3n) is 5.07. The number of aromatic nitrogens is 1. The number of sulfone groups is 1. The van der Waals surface area contributed by atoms with E-state index in [0.29, 0.717) is 22.4 Å². The lowest BCUT2D eigenvalue weighted by Crippen LogP contribution is -2.22. The van der Waals surface area contributed by atoms with E-state index in [1.165, 1.54) is 24.3 Å². The molecule has 1 heterocycles. The van der Waals surface area contributed by atoms with Gasteiger partial charge >= 0.3 is 6.18 Å². The Hall–Kier alpha value is -2.29. The average Bonchev–Trinajstić information content (AvgIpc) is 3.07. The second-order valence-electron chi connectivity index (χ2n) is 7.30. The molecule has 9 heteroatoms. The minimum absolute atomic E-state index is 0.00169. The summed E-state index contributed by atoms with van der Waals surface area (Å²) in [6.07, 6.45) is -2.27. The Morgan fingerprint density at radius 2 is 1.55 bits per heavy atom. The van der Waals surface area contributed by atoms with E-state index in [1.54, 1.807) is 0 Å². The average molecular weight is 431 g/mol. The van der Waals surface area contributed by atoms with E-state index in [0.717, 1.165) is 24.6 Å². The molecule has 0 bridgehead atoms. The zero-order valence-corrected chi connectivity index (χ0v) is 16.2. The van der Waals surface area contributed by atoms with Crippen molar-refractivity contribution in [3.8, 4) is 0 Å². The van der Waals surface area contributed by atoms with Crippen LogP contribution in [0.3, 0.4) is 0 Å². The first kappa shape index (κ1) is 21.4. The Balaban J connectivity index is 2.08. The van der Waals surface area contributed by atoms with Crippen LogP contribution >= 0.6 is 0 Å². The predicted molar refractivity (Wildman–Crippen MR) is 99.2 cm³/mol. The molecule has 156 valence electrons. The van der Waals surface area contributed by atoms with Gasteiger partial charge in [0, 0.05) is 17.9 Å². The SMILES string of the molecule is CS(=O)(=O)c1ccc(C2=C(c3ccc(C(F)(F)F)cc3)CC(CF)(CF)C2)nc1. The summed E-state index contributed by atoms with van der Waals surface area (Å²) in [4.78, 5) is 4.13. The van der Waals surface area contributed by atoms with Crippen molar-refractivity contribution >= 4 is 21.0 Å². The van der Waals surface area contributed by atoms with Crippen LogP contribution in [0.1, 0.15) is 29.7 Å². The maximum absolute atomic E-state index is 13.7. The Bertz CT molecular complexity index is 1020. The minimum Gasteiger partial charge on any atom is -0.255 e. The summed E-state index contributed by atoms with van der Waals surface area (Å²) < 4.78 is 89.1. The molecule has 1 aliphatic carbocycles. The van der Waals surface area contributed by atoms with E-state index in [2.05, 4.69) is 4.98 Å². The number of nitrogens with zero attached hydrogens (tertiary/aromatic N) is 1. The smallest absolute Gasteiger partial charge is 0.255 e. The Morgan fingerprint density at radius 1 is 0.966 bits per heavy atom. The van der Waals surface area contributed by atoms with Crippen molar-refractivity contribution < 1.29 is 30.4 Å². The van der Waals surface area contributed by atoms with E-state index in [1.807, 2.05) is 0 Å². The second-order valence-corrected chi connectivity index (χ2v) is 9.32. The van der Waals surface area contributed by atoms with Crippen LogP contribution in [0.4, 0.5) is 22.0 Å². The van der Waals surface area contributed by atoms with Crippen LogP contribution in [0.15, 0.2) is 47.5 Å². The summed E-state index contributed by atoms with van der Waals surface area (Å²) in [5.74, 6) is 0. The van der Waals surface area contributed by atoms with Gasteiger partial charge in [0.2, 0.25) is 0 Å². The molecule has 1 aromatic heterocycles. The normalized spacial score (nSPS) is 17.0. The lowest BCUT2D eigenvalue weighted by atomic mass is 9.86. The van der Waals surface area contributed by atoms with Crippen LogP contribution in [0.25, 0.3) is 11.1 Å². The molecule has 0 radical (unpaired) electrons. The monoisotopic (exact) mass is 431 g/mol. The number of pyridine rings is 1. The fourth-order valence-corrected chi connectivity index (χ4v) is 3.97. The third-order valence-corrected chi connectivity index (χ3v) is 6.17. The van der Waals surface area contributed by atoms with Crippen LogP contribution in [0, 0.1) is 5.41 Å². The first-order valence-electron chi connectivity index (χ1n) is 8.67. The van der Waals surface area contributed by atoms with Gasteiger partial charge in [-0.25, -0.2) is 8.42 Å². The van der Waals surface area contributed by atoms with E-state index in [4.69, 9.17) is 0 Å². The van der Waals surface area contributed by atoms with Crippen LogP contribution in [0.5, 0.6) is 0 Å². The number of alkyl halides is 5. The molecule has 0 saturated heterocycles. The Labute approximate surface area is 165 Å². The first-order chi connectivity index (χ1) is 13.5. The number of halogens is 5. The maximum Gasteiger partial charge on any atom is 0.416 e. The molecule has 0 spiro atoms. The van der Waals surface area contributed by atoms with Gasteiger partial charge in [-0.2, -0.15) is 13.2 Å². The molecule has 0 fully saturated rings. The van der Waals surface area contributed by atoms with E-state index in [9.17, 15) is 30.4 Å². The van der Waals surface area contributed by atoms with Gasteiger partial charge in [0.25, 0.3) is 0 Å². The molecule has 3 nitrogen and oxygen atoms in total. The first-order valence-corrected chi connectivity index (χ1v) is 10.6. The van der Waals surface area contributed by atoms with Gasteiger partial charge in [0.1, 0.15) is 0 Å². The largest absolute Gasteiger partial charge is 0.416 e. The quantitative estimate of drug-likeness (QED) is 0.617. The molecule has 0 saturated carbocycles. The Kier molecular flexibility index (Phi) is 5.55. The van der Waals surface area contributed by atoms with Crippen molar-refractivity contribution in [1.29, 1.82) is 0 Å². The summed E-state index contributed by atoms with van der Waals surface area (Å²) in [7, 11) is -3.46. The van der Waals surface area contributed by atoms with Crippen molar-refractivity contribution in [3.63, 3.8) is 0 Å². The summed E-state index contributed by atoms with van der Waals surface area (Å²) in [5.41, 5.74) is -0.347. The molecular weight excluding hydrogens is 413 g/mol. The van der Waals surface area contributed by atoms with Crippen LogP contribution in [-0.2, 0) is 16.0 Å². The lowest BCUT2D eigenvalue weighted by Gasteiger charge is -2.22. The molecule has 1 aromatic carbocycles. The molecule has 3 rings (SSSR count). The molecule has 0 N–H and O–H groups in total. The van der Waals surface area contributed by atoms with Crippen molar-refractivity contribution in [2.45, 2.75) is 23.9 Å². The summed E-state index contributed by atoms with van der Waals surface area (Å²) in [6, 6.07) is 7.18. The van der Waals surface area contributed by atoms with Gasteiger partial charge in [-0.15, -0.1) is 0 Å². The summed E-state index contributed by atoms with van der Waals surface area (Å²) in [6.45, 7) is -1.86. The predicted octanol–water partition coefficient (Wildman–Crippen LogP) is 5.13. The van der Waals surface area contributed by atoms with Gasteiger partial charge in [-0.3, -0.25) is 13.8 Å². The minimum atomic E-state index is -4.49. The van der Waals surface area contributed by atoms with Crippen molar-refractivity contribution in [1.82, 2.24) is 4.98 Å². The number of allylic oxidation sites excluding steroid dienone is 2. The standard InChI is InChI=1S/C20H18F5NO2S/c1-29(27,28)15-6-7-18(26-10-15)17-9-19(11-21,12-22)8-16(17)13-2-4-14(5-3-13)20(23,24)25/h2-7,10H,8-9,11-12H2,1H3. The number of benzene rings is 1. The third kappa shape index (κ3) is 4.34. The van der Waals surface area contributed by atoms with Gasteiger partial charge in [0.15, 0.2) is 9.84 Å². The molecule has 0 atom stereocenters. The summed E-state index contributed by atoms with van der Waals surface area (Å²) >= 11 is 0. The van der Waals surface area contributed by atoms with Gasteiger partial charge in [0.05, 0.1) is 29.5 Å². The van der Waals surface area contributed by atoms with Crippen molar-refractivity contribution in [2.75, 3.05) is 19.6 Å². The maximum atomic E-state index is 13.7. The highest BCUT2D eigenvalue weighted by molar-refractivity contribution is 7.90. The van der Waals surface area contributed by atoms with Gasteiger partial charge in [-0.1, -0.05) is 12.1 Å². The summed E-state index contributed by atoms with van der Waals surface area (Å²) in [5, 5.41) is 0. The fourth-order valence-electron chi connectivity index (χ4n) is 3.41. The molecule has 29 heavy (non-hydrogen) atoms. The van der Waals surface area contributed by atoms with Crippen molar-refractivity contribution in [2.24, 2.45) is 5.41 Å². The molecule has 2 aromatic rings. The molecule has 0 amide bonds. The number of hydrogen-bond donors (Lipinski definition) is 0. The van der Waals surface area contributed by atoms with Gasteiger partial charge < -0.3 is 0 Å². The zero-order valence-electron chi connectivity index (χ0n) is 15.4.